The highest BCUT2D eigenvalue weighted by molar-refractivity contribution is 5.47. The number of benzene rings is 1. The second-order valence-electron chi connectivity index (χ2n) is 6.74. The number of hydrogen-bond acceptors (Lipinski definition) is 2. The molecule has 0 saturated heterocycles. The fourth-order valence-electron chi connectivity index (χ4n) is 3.24. The van der Waals surface area contributed by atoms with Crippen LogP contribution in [-0.2, 0) is 0 Å². The van der Waals surface area contributed by atoms with E-state index in [4.69, 9.17) is 4.74 Å². The summed E-state index contributed by atoms with van der Waals surface area (Å²) in [4.78, 5) is 0. The third-order valence-corrected chi connectivity index (χ3v) is 4.32. The summed E-state index contributed by atoms with van der Waals surface area (Å²) in [5.74, 6) is 1.67. The van der Waals surface area contributed by atoms with Gasteiger partial charge in [0.15, 0.2) is 0 Å². The molecule has 2 unspecified atom stereocenters. The molecule has 2 rings (SSSR count). The maximum atomic E-state index is 5.21. The maximum absolute atomic E-state index is 5.21. The summed E-state index contributed by atoms with van der Waals surface area (Å²) in [6.45, 7) is 7.10. The topological polar surface area (TPSA) is 21.3 Å². The van der Waals surface area contributed by atoms with Crippen molar-refractivity contribution < 1.29 is 4.74 Å². The second-order valence-corrected chi connectivity index (χ2v) is 6.74. The molecule has 19 heavy (non-hydrogen) atoms. The van der Waals surface area contributed by atoms with E-state index in [1.54, 1.807) is 7.11 Å². The van der Waals surface area contributed by atoms with Crippen molar-refractivity contribution in [3.05, 3.63) is 24.3 Å². The molecule has 2 nitrogen and oxygen atoms in total. The molecule has 2 atom stereocenters. The highest BCUT2D eigenvalue weighted by Crippen LogP contribution is 2.39. The van der Waals surface area contributed by atoms with Crippen LogP contribution in [0.2, 0.25) is 0 Å². The van der Waals surface area contributed by atoms with Crippen LogP contribution in [0.1, 0.15) is 46.5 Å². The number of rotatable bonds is 3. The van der Waals surface area contributed by atoms with Gasteiger partial charge in [-0.3, -0.25) is 0 Å². The van der Waals surface area contributed by atoms with Gasteiger partial charge < -0.3 is 10.1 Å². The van der Waals surface area contributed by atoms with Gasteiger partial charge in [-0.2, -0.15) is 0 Å². The predicted octanol–water partition coefficient (Wildman–Crippen LogP) is 4.71. The summed E-state index contributed by atoms with van der Waals surface area (Å²) in [6, 6.07) is 8.89. The van der Waals surface area contributed by atoms with Gasteiger partial charge in [-0.15, -0.1) is 0 Å². The van der Waals surface area contributed by atoms with Crippen molar-refractivity contribution in [2.24, 2.45) is 11.3 Å². The Morgan fingerprint density at radius 3 is 2.26 bits per heavy atom. The lowest BCUT2D eigenvalue weighted by Gasteiger charge is -2.41. The van der Waals surface area contributed by atoms with Crippen molar-refractivity contribution in [3.63, 3.8) is 0 Å². The van der Waals surface area contributed by atoms with Crippen LogP contribution in [0.4, 0.5) is 5.69 Å². The fraction of sp³-hybridized carbons (Fsp3) is 0.647. The van der Waals surface area contributed by atoms with E-state index in [0.717, 1.165) is 11.7 Å². The highest BCUT2D eigenvalue weighted by Gasteiger charge is 2.33. The summed E-state index contributed by atoms with van der Waals surface area (Å²) in [6.07, 6.45) is 5.36. The highest BCUT2D eigenvalue weighted by atomic mass is 16.5. The molecule has 0 radical (unpaired) electrons. The molecule has 1 aliphatic carbocycles. The van der Waals surface area contributed by atoms with E-state index in [1.807, 2.05) is 12.1 Å². The molecule has 1 N–H and O–H groups in total. The molecule has 0 spiro atoms. The average molecular weight is 261 g/mol. The van der Waals surface area contributed by atoms with E-state index in [0.29, 0.717) is 11.5 Å². The smallest absolute Gasteiger partial charge is 0.119 e. The lowest BCUT2D eigenvalue weighted by molar-refractivity contribution is 0.163. The minimum Gasteiger partial charge on any atom is -0.497 e. The summed E-state index contributed by atoms with van der Waals surface area (Å²) >= 11 is 0. The van der Waals surface area contributed by atoms with E-state index >= 15 is 0 Å². The molecule has 0 aromatic heterocycles. The first-order valence-electron chi connectivity index (χ1n) is 7.41. The van der Waals surface area contributed by atoms with Crippen LogP contribution in [-0.4, -0.2) is 13.2 Å². The number of hydrogen-bond donors (Lipinski definition) is 1. The first kappa shape index (κ1) is 14.2. The number of anilines is 1. The first-order valence-corrected chi connectivity index (χ1v) is 7.41. The Morgan fingerprint density at radius 2 is 1.68 bits per heavy atom. The predicted molar refractivity (Wildman–Crippen MR) is 81.8 cm³/mol. The van der Waals surface area contributed by atoms with Crippen molar-refractivity contribution in [3.8, 4) is 5.75 Å². The van der Waals surface area contributed by atoms with Crippen LogP contribution in [0.5, 0.6) is 5.75 Å². The third kappa shape index (κ3) is 3.65. The van der Waals surface area contributed by atoms with E-state index in [1.165, 1.54) is 31.4 Å². The van der Waals surface area contributed by atoms with Gasteiger partial charge in [-0.05, 0) is 48.4 Å². The lowest BCUT2D eigenvalue weighted by atomic mass is 9.69. The molecule has 1 fully saturated rings. The largest absolute Gasteiger partial charge is 0.497 e. The van der Waals surface area contributed by atoms with Crippen molar-refractivity contribution >= 4 is 5.69 Å². The van der Waals surface area contributed by atoms with Crippen molar-refractivity contribution in [2.45, 2.75) is 52.5 Å². The fourth-order valence-corrected chi connectivity index (χ4v) is 3.24. The second kappa shape index (κ2) is 5.85. The molecule has 106 valence electrons. The van der Waals surface area contributed by atoms with E-state index < -0.39 is 0 Å². The molecule has 2 heteroatoms. The standard InChI is InChI=1S/C17H27NO/c1-17(2,3)15-7-5-6-8-16(15)18-13-9-11-14(19-4)12-10-13/h9-12,15-16,18H,5-8H2,1-4H3. The van der Waals surface area contributed by atoms with E-state index in [2.05, 4.69) is 38.2 Å². The number of methoxy groups -OCH3 is 1. The minimum absolute atomic E-state index is 0.380. The molecule has 1 saturated carbocycles. The molecule has 1 aromatic carbocycles. The van der Waals surface area contributed by atoms with Gasteiger partial charge in [0.1, 0.15) is 5.75 Å². The third-order valence-electron chi connectivity index (χ3n) is 4.32. The van der Waals surface area contributed by atoms with Crippen LogP contribution < -0.4 is 10.1 Å². The summed E-state index contributed by atoms with van der Waals surface area (Å²) in [7, 11) is 1.71. The quantitative estimate of drug-likeness (QED) is 0.850. The van der Waals surface area contributed by atoms with Crippen molar-refractivity contribution in [2.75, 3.05) is 12.4 Å². The average Bonchev–Trinajstić information content (AvgIpc) is 2.39. The zero-order valence-corrected chi connectivity index (χ0v) is 12.7. The van der Waals surface area contributed by atoms with Crippen LogP contribution in [0, 0.1) is 11.3 Å². The van der Waals surface area contributed by atoms with Gasteiger partial charge in [-0.1, -0.05) is 33.6 Å². The minimum atomic E-state index is 0.380. The maximum Gasteiger partial charge on any atom is 0.119 e. The summed E-state index contributed by atoms with van der Waals surface area (Å²) in [5, 5.41) is 3.73. The van der Waals surface area contributed by atoms with Crippen LogP contribution in [0.3, 0.4) is 0 Å². The van der Waals surface area contributed by atoms with Gasteiger partial charge in [0.05, 0.1) is 7.11 Å². The lowest BCUT2D eigenvalue weighted by Crippen LogP contribution is -2.39. The molecule has 0 aliphatic heterocycles. The molecule has 0 bridgehead atoms. The molecule has 1 aliphatic rings. The van der Waals surface area contributed by atoms with E-state index in [9.17, 15) is 0 Å². The van der Waals surface area contributed by atoms with Crippen LogP contribution in [0.15, 0.2) is 24.3 Å². The molecular weight excluding hydrogens is 234 g/mol. The SMILES string of the molecule is COc1ccc(NC2CCCCC2C(C)(C)C)cc1. The summed E-state index contributed by atoms with van der Waals surface area (Å²) in [5.41, 5.74) is 1.59. The Balaban J connectivity index is 2.06. The Hall–Kier alpha value is -1.18. The van der Waals surface area contributed by atoms with Gasteiger partial charge >= 0.3 is 0 Å². The van der Waals surface area contributed by atoms with Crippen LogP contribution in [0.25, 0.3) is 0 Å². The van der Waals surface area contributed by atoms with Gasteiger partial charge in [-0.25, -0.2) is 0 Å². The van der Waals surface area contributed by atoms with Crippen molar-refractivity contribution in [1.82, 2.24) is 0 Å². The molecular formula is C17H27NO. The zero-order chi connectivity index (χ0) is 13.9. The number of nitrogens with one attached hydrogen (secondary N) is 1. The van der Waals surface area contributed by atoms with Crippen molar-refractivity contribution in [1.29, 1.82) is 0 Å². The van der Waals surface area contributed by atoms with Gasteiger partial charge in [0.25, 0.3) is 0 Å². The normalized spacial score (nSPS) is 24.0. The molecule has 1 aromatic rings. The molecule has 0 heterocycles. The Labute approximate surface area is 117 Å². The zero-order valence-electron chi connectivity index (χ0n) is 12.7. The Kier molecular flexibility index (Phi) is 4.38. The summed E-state index contributed by atoms with van der Waals surface area (Å²) < 4.78 is 5.21. The van der Waals surface area contributed by atoms with E-state index in [-0.39, 0.29) is 0 Å². The monoisotopic (exact) mass is 261 g/mol. The van der Waals surface area contributed by atoms with Crippen LogP contribution >= 0.6 is 0 Å². The van der Waals surface area contributed by atoms with Gasteiger partial charge in [0, 0.05) is 11.7 Å². The Bertz CT molecular complexity index is 391. The molecule has 0 amide bonds. The number of ether oxygens (including phenoxy) is 1. The first-order chi connectivity index (χ1) is 9.00. The van der Waals surface area contributed by atoms with Gasteiger partial charge in [0.2, 0.25) is 0 Å². The Morgan fingerprint density at radius 1 is 1.05 bits per heavy atom.